The Hall–Kier alpha value is -0.833. The number of rotatable bonds is 7. The molecular weight excluding hydrogens is 276 g/mol. The molecule has 1 aliphatic heterocycles. The maximum absolute atomic E-state index is 11.7. The molecule has 0 radical (unpaired) electrons. The van der Waals surface area contributed by atoms with Crippen molar-refractivity contribution >= 4 is 14.0 Å². The zero-order valence-corrected chi connectivity index (χ0v) is 15.8. The second-order valence-electron chi connectivity index (χ2n) is 7.17. The first-order chi connectivity index (χ1) is 9.75. The third kappa shape index (κ3) is 3.88. The number of carbonyl (C=O) groups is 1. The van der Waals surface area contributed by atoms with Crippen LogP contribution in [0.3, 0.4) is 0 Å². The van der Waals surface area contributed by atoms with Crippen molar-refractivity contribution < 1.29 is 9.53 Å². The van der Waals surface area contributed by atoms with Crippen molar-refractivity contribution in [1.82, 2.24) is 0 Å². The van der Waals surface area contributed by atoms with Crippen LogP contribution in [0.4, 0.5) is 0 Å². The summed E-state index contributed by atoms with van der Waals surface area (Å²) in [7, 11) is -1.68. The molecule has 0 bridgehead atoms. The van der Waals surface area contributed by atoms with Gasteiger partial charge in [0.2, 0.25) is 0 Å². The van der Waals surface area contributed by atoms with E-state index in [2.05, 4.69) is 54.2 Å². The molecule has 21 heavy (non-hydrogen) atoms. The molecule has 0 aromatic rings. The first kappa shape index (κ1) is 18.2. The summed E-state index contributed by atoms with van der Waals surface area (Å²) in [6, 6.07) is 0. The fourth-order valence-corrected chi connectivity index (χ4v) is 9.53. The lowest BCUT2D eigenvalue weighted by molar-refractivity contribution is -0.132. The summed E-state index contributed by atoms with van der Waals surface area (Å²) in [4.78, 5) is 11.7. The van der Waals surface area contributed by atoms with Crippen LogP contribution >= 0.6 is 0 Å². The zero-order chi connectivity index (χ0) is 16.2. The molecule has 2 nitrogen and oxygen atoms in total. The Morgan fingerprint density at radius 1 is 1.10 bits per heavy atom. The van der Waals surface area contributed by atoms with Crippen molar-refractivity contribution in [3.63, 3.8) is 0 Å². The molecule has 0 aromatic heterocycles. The van der Waals surface area contributed by atoms with Crippen molar-refractivity contribution in [2.24, 2.45) is 0 Å². The number of esters is 1. The maximum atomic E-state index is 11.7. The van der Waals surface area contributed by atoms with Gasteiger partial charge in [0.1, 0.15) is 5.76 Å². The van der Waals surface area contributed by atoms with E-state index in [1.54, 1.807) is 6.08 Å². The molecule has 0 spiro atoms. The van der Waals surface area contributed by atoms with Crippen LogP contribution < -0.4 is 0 Å². The SMILES string of the molecule is CCCCC1=CC(=O)O/C1=C\[Si](C(C)C)(C(C)C)C(C)C. The Morgan fingerprint density at radius 3 is 2.05 bits per heavy atom. The van der Waals surface area contributed by atoms with Gasteiger partial charge in [-0.05, 0) is 29.5 Å². The van der Waals surface area contributed by atoms with Crippen LogP contribution in [-0.4, -0.2) is 14.0 Å². The fraction of sp³-hybridized carbons (Fsp3) is 0.722. The van der Waals surface area contributed by atoms with Crippen LogP contribution in [0.15, 0.2) is 23.1 Å². The van der Waals surface area contributed by atoms with E-state index >= 15 is 0 Å². The number of cyclic esters (lactones) is 1. The topological polar surface area (TPSA) is 26.3 Å². The Bertz CT molecular complexity index is 409. The third-order valence-corrected chi connectivity index (χ3v) is 11.8. The highest BCUT2D eigenvalue weighted by Crippen LogP contribution is 2.44. The van der Waals surface area contributed by atoms with Gasteiger partial charge in [-0.3, -0.25) is 0 Å². The van der Waals surface area contributed by atoms with Gasteiger partial charge in [0.05, 0.1) is 8.07 Å². The largest absolute Gasteiger partial charge is 0.424 e. The van der Waals surface area contributed by atoms with Gasteiger partial charge in [-0.1, -0.05) is 60.6 Å². The van der Waals surface area contributed by atoms with E-state index in [4.69, 9.17) is 4.74 Å². The van der Waals surface area contributed by atoms with Crippen LogP contribution in [0.2, 0.25) is 16.6 Å². The van der Waals surface area contributed by atoms with Gasteiger partial charge in [0, 0.05) is 11.6 Å². The predicted octanol–water partition coefficient (Wildman–Crippen LogP) is 5.76. The number of ether oxygens (including phenoxy) is 1. The number of unbranched alkanes of at least 4 members (excludes halogenated alkanes) is 1. The van der Waals surface area contributed by atoms with Gasteiger partial charge in [-0.15, -0.1) is 0 Å². The molecule has 0 aliphatic carbocycles. The lowest BCUT2D eigenvalue weighted by Crippen LogP contribution is -2.43. The normalized spacial score (nSPS) is 18.1. The lowest BCUT2D eigenvalue weighted by atomic mass is 10.1. The van der Waals surface area contributed by atoms with E-state index in [0.29, 0.717) is 16.6 Å². The van der Waals surface area contributed by atoms with Crippen LogP contribution in [0, 0.1) is 0 Å². The molecule has 0 N–H and O–H groups in total. The van der Waals surface area contributed by atoms with Crippen LogP contribution in [0.1, 0.15) is 67.7 Å². The van der Waals surface area contributed by atoms with Crippen molar-refractivity contribution in [2.75, 3.05) is 0 Å². The number of hydrogen-bond donors (Lipinski definition) is 0. The molecular formula is C18H32O2Si. The molecule has 1 heterocycles. The highest BCUT2D eigenvalue weighted by Gasteiger charge is 2.42. The molecule has 1 aliphatic rings. The zero-order valence-electron chi connectivity index (χ0n) is 14.8. The van der Waals surface area contributed by atoms with E-state index in [-0.39, 0.29) is 5.97 Å². The molecule has 120 valence electrons. The summed E-state index contributed by atoms with van der Waals surface area (Å²) in [5.41, 5.74) is 5.41. The molecule has 3 heteroatoms. The molecule has 0 aromatic carbocycles. The van der Waals surface area contributed by atoms with E-state index < -0.39 is 8.07 Å². The number of allylic oxidation sites excluding steroid dienone is 1. The number of hydrogen-bond acceptors (Lipinski definition) is 2. The monoisotopic (exact) mass is 308 g/mol. The van der Waals surface area contributed by atoms with Gasteiger partial charge >= 0.3 is 5.97 Å². The first-order valence-electron chi connectivity index (χ1n) is 8.41. The molecule has 0 saturated carbocycles. The van der Waals surface area contributed by atoms with Gasteiger partial charge in [0.25, 0.3) is 0 Å². The molecule has 0 fully saturated rings. The fourth-order valence-electron chi connectivity index (χ4n) is 3.83. The van der Waals surface area contributed by atoms with E-state index in [1.807, 2.05) is 0 Å². The van der Waals surface area contributed by atoms with Crippen molar-refractivity contribution in [1.29, 1.82) is 0 Å². The van der Waals surface area contributed by atoms with E-state index in [1.165, 1.54) is 0 Å². The minimum atomic E-state index is -1.68. The quantitative estimate of drug-likeness (QED) is 0.441. The predicted molar refractivity (Wildman–Crippen MR) is 92.8 cm³/mol. The average molecular weight is 309 g/mol. The van der Waals surface area contributed by atoms with Crippen LogP contribution in [0.25, 0.3) is 0 Å². The summed E-state index contributed by atoms with van der Waals surface area (Å²) in [5, 5.41) is 0. The first-order valence-corrected chi connectivity index (χ1v) is 10.7. The summed E-state index contributed by atoms with van der Waals surface area (Å²) in [6.07, 6.45) is 4.90. The second-order valence-corrected chi connectivity index (χ2v) is 12.9. The molecule has 0 unspecified atom stereocenters. The van der Waals surface area contributed by atoms with Crippen molar-refractivity contribution in [3.8, 4) is 0 Å². The van der Waals surface area contributed by atoms with Crippen LogP contribution in [0.5, 0.6) is 0 Å². The van der Waals surface area contributed by atoms with Crippen molar-refractivity contribution in [3.05, 3.63) is 23.1 Å². The van der Waals surface area contributed by atoms with E-state index in [0.717, 1.165) is 30.6 Å². The minimum absolute atomic E-state index is 0.188. The molecule has 1 rings (SSSR count). The maximum Gasteiger partial charge on any atom is 0.336 e. The molecule has 0 amide bonds. The van der Waals surface area contributed by atoms with Gasteiger partial charge in [-0.2, -0.15) is 0 Å². The Balaban J connectivity index is 3.21. The summed E-state index contributed by atoms with van der Waals surface area (Å²) in [5.74, 6) is 0.683. The van der Waals surface area contributed by atoms with Crippen LogP contribution in [-0.2, 0) is 9.53 Å². The Morgan fingerprint density at radius 2 is 1.62 bits per heavy atom. The number of carbonyl (C=O) groups excluding carboxylic acids is 1. The minimum Gasteiger partial charge on any atom is -0.424 e. The summed E-state index contributed by atoms with van der Waals surface area (Å²) >= 11 is 0. The van der Waals surface area contributed by atoms with Gasteiger partial charge < -0.3 is 4.74 Å². The van der Waals surface area contributed by atoms with Gasteiger partial charge in [-0.25, -0.2) is 4.79 Å². The Kier molecular flexibility index (Phi) is 6.45. The highest BCUT2D eigenvalue weighted by atomic mass is 28.3. The average Bonchev–Trinajstić information content (AvgIpc) is 2.72. The lowest BCUT2D eigenvalue weighted by Gasteiger charge is -2.40. The van der Waals surface area contributed by atoms with Crippen molar-refractivity contribution in [2.45, 2.75) is 84.4 Å². The second kappa shape index (κ2) is 7.44. The van der Waals surface area contributed by atoms with Gasteiger partial charge in [0.15, 0.2) is 0 Å². The third-order valence-electron chi connectivity index (χ3n) is 5.00. The molecule has 0 saturated heterocycles. The summed E-state index contributed by atoms with van der Waals surface area (Å²) in [6.45, 7) is 16.2. The standard InChI is InChI=1S/C18H32O2Si/c1-8-9-10-16-11-18(19)20-17(16)12-21(13(2)3,14(4)5)15(6)7/h11-15H,8-10H2,1-7H3/b17-12-. The highest BCUT2D eigenvalue weighted by molar-refractivity contribution is 6.88. The molecule has 0 atom stereocenters. The smallest absolute Gasteiger partial charge is 0.336 e. The Labute approximate surface area is 131 Å². The van der Waals surface area contributed by atoms with E-state index in [9.17, 15) is 4.79 Å². The summed E-state index contributed by atoms with van der Waals surface area (Å²) < 4.78 is 5.54.